The van der Waals surface area contributed by atoms with Crippen LogP contribution in [-0.2, 0) is 6.42 Å². The molecule has 116 valence electrons. The number of hydrogen-bond donors (Lipinski definition) is 0. The quantitative estimate of drug-likeness (QED) is 0.475. The number of nitrogens with zero attached hydrogens (tertiary/aromatic N) is 2. The van der Waals surface area contributed by atoms with Crippen LogP contribution in [0.15, 0.2) is 60.8 Å². The minimum Gasteiger partial charge on any atom is -0.469 e. The zero-order valence-corrected chi connectivity index (χ0v) is 13.4. The van der Waals surface area contributed by atoms with Crippen LogP contribution in [0.5, 0.6) is 5.88 Å². The standard InChI is InChI=1S/C21H16N2O/c1-13-7-8-16-17-10-15-11-20(14-5-3-2-4-6-14)24-21(15)23-19(17)12-22-18(16)9-13/h2-10,12,20H,11H2,1H3. The number of aromatic nitrogens is 2. The Morgan fingerprint density at radius 3 is 2.71 bits per heavy atom. The van der Waals surface area contributed by atoms with Crippen molar-refractivity contribution in [1.29, 1.82) is 0 Å². The summed E-state index contributed by atoms with van der Waals surface area (Å²) >= 11 is 0. The van der Waals surface area contributed by atoms with Crippen LogP contribution in [0, 0.1) is 6.92 Å². The van der Waals surface area contributed by atoms with E-state index in [4.69, 9.17) is 9.72 Å². The number of pyridine rings is 2. The Labute approximate surface area is 139 Å². The van der Waals surface area contributed by atoms with Gasteiger partial charge in [-0.15, -0.1) is 0 Å². The van der Waals surface area contributed by atoms with Gasteiger partial charge in [0.05, 0.1) is 17.2 Å². The molecule has 0 amide bonds. The Balaban J connectivity index is 1.65. The molecule has 1 unspecified atom stereocenters. The molecule has 3 heteroatoms. The van der Waals surface area contributed by atoms with Gasteiger partial charge in [-0.1, -0.05) is 42.5 Å². The maximum atomic E-state index is 6.09. The maximum Gasteiger partial charge on any atom is 0.217 e. The van der Waals surface area contributed by atoms with Gasteiger partial charge in [0, 0.05) is 22.8 Å². The molecule has 0 spiro atoms. The Bertz CT molecular complexity index is 1070. The predicted octanol–water partition coefficient (Wildman–Crippen LogP) is 4.77. The fourth-order valence-electron chi connectivity index (χ4n) is 3.45. The van der Waals surface area contributed by atoms with Crippen LogP contribution >= 0.6 is 0 Å². The molecule has 0 saturated carbocycles. The molecule has 3 nitrogen and oxygen atoms in total. The van der Waals surface area contributed by atoms with Gasteiger partial charge in [-0.05, 0) is 30.2 Å². The molecule has 1 atom stereocenters. The van der Waals surface area contributed by atoms with Gasteiger partial charge in [0.1, 0.15) is 6.10 Å². The number of aryl methyl sites for hydroxylation is 1. The summed E-state index contributed by atoms with van der Waals surface area (Å²) in [5.41, 5.74) is 5.49. The van der Waals surface area contributed by atoms with Crippen LogP contribution in [0.4, 0.5) is 0 Å². The highest BCUT2D eigenvalue weighted by atomic mass is 16.5. The van der Waals surface area contributed by atoms with Crippen LogP contribution < -0.4 is 4.74 Å². The molecule has 2 aromatic carbocycles. The van der Waals surface area contributed by atoms with Gasteiger partial charge in [-0.3, -0.25) is 4.98 Å². The molecule has 0 fully saturated rings. The van der Waals surface area contributed by atoms with Crippen LogP contribution in [0.3, 0.4) is 0 Å². The van der Waals surface area contributed by atoms with Crippen molar-refractivity contribution in [1.82, 2.24) is 9.97 Å². The lowest BCUT2D eigenvalue weighted by Gasteiger charge is -2.09. The monoisotopic (exact) mass is 312 g/mol. The summed E-state index contributed by atoms with van der Waals surface area (Å²) in [5.74, 6) is 0.740. The van der Waals surface area contributed by atoms with Gasteiger partial charge in [0.25, 0.3) is 0 Å². The number of benzene rings is 2. The van der Waals surface area contributed by atoms with Crippen molar-refractivity contribution >= 4 is 21.8 Å². The third kappa shape index (κ3) is 2.05. The van der Waals surface area contributed by atoms with E-state index in [1.54, 1.807) is 0 Å². The summed E-state index contributed by atoms with van der Waals surface area (Å²) in [6, 6.07) is 18.9. The lowest BCUT2D eigenvalue weighted by Crippen LogP contribution is -2.02. The van der Waals surface area contributed by atoms with E-state index in [0.29, 0.717) is 0 Å². The van der Waals surface area contributed by atoms with Crippen molar-refractivity contribution in [2.45, 2.75) is 19.4 Å². The number of hydrogen-bond acceptors (Lipinski definition) is 3. The Morgan fingerprint density at radius 2 is 1.83 bits per heavy atom. The van der Waals surface area contributed by atoms with Gasteiger partial charge in [0.2, 0.25) is 5.88 Å². The summed E-state index contributed by atoms with van der Waals surface area (Å²) in [6.07, 6.45) is 2.75. The molecule has 3 heterocycles. The average Bonchev–Trinajstić information content (AvgIpc) is 3.03. The first-order chi connectivity index (χ1) is 11.8. The first-order valence-electron chi connectivity index (χ1n) is 8.18. The summed E-state index contributed by atoms with van der Waals surface area (Å²) in [4.78, 5) is 9.27. The molecule has 2 aromatic heterocycles. The molecular weight excluding hydrogens is 296 g/mol. The third-order valence-electron chi connectivity index (χ3n) is 4.69. The minimum atomic E-state index is 0.0481. The lowest BCUT2D eigenvalue weighted by atomic mass is 10.0. The van der Waals surface area contributed by atoms with Gasteiger partial charge in [-0.25, -0.2) is 4.98 Å². The number of ether oxygens (including phenoxy) is 1. The molecular formula is C21H16N2O. The van der Waals surface area contributed by atoms with Crippen molar-refractivity contribution in [3.63, 3.8) is 0 Å². The van der Waals surface area contributed by atoms with E-state index in [0.717, 1.165) is 34.1 Å². The largest absolute Gasteiger partial charge is 0.469 e. The first kappa shape index (κ1) is 13.5. The summed E-state index contributed by atoms with van der Waals surface area (Å²) in [6.45, 7) is 2.09. The van der Waals surface area contributed by atoms with Crippen molar-refractivity contribution < 1.29 is 4.74 Å². The highest BCUT2D eigenvalue weighted by Crippen LogP contribution is 2.38. The highest BCUT2D eigenvalue weighted by Gasteiger charge is 2.26. The Hall–Kier alpha value is -2.94. The van der Waals surface area contributed by atoms with Crippen LogP contribution in [0.25, 0.3) is 21.8 Å². The molecule has 24 heavy (non-hydrogen) atoms. The van der Waals surface area contributed by atoms with Crippen molar-refractivity contribution in [2.24, 2.45) is 0 Å². The van der Waals surface area contributed by atoms with Gasteiger partial charge in [-0.2, -0.15) is 0 Å². The molecule has 0 radical (unpaired) electrons. The first-order valence-corrected chi connectivity index (χ1v) is 8.18. The molecule has 0 bridgehead atoms. The van der Waals surface area contributed by atoms with E-state index in [-0.39, 0.29) is 6.10 Å². The molecule has 0 N–H and O–H groups in total. The van der Waals surface area contributed by atoms with E-state index >= 15 is 0 Å². The molecule has 5 rings (SSSR count). The Kier molecular flexibility index (Phi) is 2.83. The molecule has 0 aliphatic carbocycles. The van der Waals surface area contributed by atoms with Crippen molar-refractivity contribution in [3.05, 3.63) is 77.5 Å². The van der Waals surface area contributed by atoms with Crippen LogP contribution in [0.1, 0.15) is 22.8 Å². The smallest absolute Gasteiger partial charge is 0.217 e. The normalized spacial score (nSPS) is 16.3. The lowest BCUT2D eigenvalue weighted by molar-refractivity contribution is 0.231. The van der Waals surface area contributed by atoms with Crippen molar-refractivity contribution in [3.8, 4) is 5.88 Å². The minimum absolute atomic E-state index is 0.0481. The maximum absolute atomic E-state index is 6.09. The van der Waals surface area contributed by atoms with Crippen LogP contribution in [0.2, 0.25) is 0 Å². The van der Waals surface area contributed by atoms with E-state index in [9.17, 15) is 0 Å². The SMILES string of the molecule is Cc1ccc2c(c1)ncc1nc3c(cc12)CC(c1ccccc1)O3. The fraction of sp³-hybridized carbons (Fsp3) is 0.143. The van der Waals surface area contributed by atoms with Gasteiger partial charge in [0.15, 0.2) is 0 Å². The summed E-state index contributed by atoms with van der Waals surface area (Å²) in [5, 5.41) is 2.30. The molecule has 1 aliphatic rings. The zero-order chi connectivity index (χ0) is 16.1. The van der Waals surface area contributed by atoms with E-state index in [1.807, 2.05) is 24.4 Å². The van der Waals surface area contributed by atoms with E-state index in [1.165, 1.54) is 16.7 Å². The van der Waals surface area contributed by atoms with Gasteiger partial charge >= 0.3 is 0 Å². The number of fused-ring (bicyclic) bond motifs is 4. The van der Waals surface area contributed by atoms with Crippen molar-refractivity contribution in [2.75, 3.05) is 0 Å². The highest BCUT2D eigenvalue weighted by molar-refractivity contribution is 6.04. The number of rotatable bonds is 1. The average molecular weight is 312 g/mol. The fourth-order valence-corrected chi connectivity index (χ4v) is 3.45. The third-order valence-corrected chi connectivity index (χ3v) is 4.69. The van der Waals surface area contributed by atoms with Gasteiger partial charge < -0.3 is 4.74 Å². The van der Waals surface area contributed by atoms with E-state index in [2.05, 4.69) is 48.3 Å². The summed E-state index contributed by atoms with van der Waals surface area (Å²) < 4.78 is 6.09. The van der Waals surface area contributed by atoms with E-state index < -0.39 is 0 Å². The topological polar surface area (TPSA) is 35.0 Å². The summed E-state index contributed by atoms with van der Waals surface area (Å²) in [7, 11) is 0. The molecule has 1 aliphatic heterocycles. The second kappa shape index (κ2) is 5.03. The molecule has 4 aromatic rings. The molecule has 0 saturated heterocycles. The van der Waals surface area contributed by atoms with Crippen LogP contribution in [-0.4, -0.2) is 9.97 Å². The Morgan fingerprint density at radius 1 is 0.958 bits per heavy atom. The second-order valence-electron chi connectivity index (χ2n) is 6.39. The zero-order valence-electron chi connectivity index (χ0n) is 13.4. The predicted molar refractivity (Wildman–Crippen MR) is 95.3 cm³/mol. The second-order valence-corrected chi connectivity index (χ2v) is 6.39.